The molecule has 1 aromatic carbocycles. The second-order valence-electron chi connectivity index (χ2n) is 3.96. The van der Waals surface area contributed by atoms with Crippen molar-refractivity contribution in [1.82, 2.24) is 5.32 Å². The van der Waals surface area contributed by atoms with Gasteiger partial charge < -0.3 is 5.32 Å². The average molecular weight is 291 g/mol. The molecule has 2 atom stereocenters. The van der Waals surface area contributed by atoms with Crippen LogP contribution < -0.4 is 10.5 Å². The van der Waals surface area contributed by atoms with E-state index in [0.29, 0.717) is 0 Å². The fourth-order valence-electron chi connectivity index (χ4n) is 1.36. The molecule has 18 heavy (non-hydrogen) atoms. The maximum Gasteiger partial charge on any atom is 0.238 e. The topological polar surface area (TPSA) is 89.3 Å². The van der Waals surface area contributed by atoms with Crippen molar-refractivity contribution in [3.8, 4) is 0 Å². The molecule has 0 aliphatic rings. The van der Waals surface area contributed by atoms with Crippen LogP contribution in [0, 0.1) is 0 Å². The molecule has 0 radical (unpaired) electrons. The Morgan fingerprint density at radius 3 is 2.17 bits per heavy atom. The van der Waals surface area contributed by atoms with Gasteiger partial charge in [0.15, 0.2) is 0 Å². The number of nitrogens with two attached hydrogens (primary N) is 1. The molecule has 5 nitrogen and oxygen atoms in total. The first-order valence-corrected chi connectivity index (χ1v) is 7.27. The summed E-state index contributed by atoms with van der Waals surface area (Å²) in [6, 6.07) is 5.75. The van der Waals surface area contributed by atoms with Crippen molar-refractivity contribution >= 4 is 27.5 Å². The molecule has 0 aromatic heterocycles. The highest BCUT2D eigenvalue weighted by Crippen LogP contribution is 2.15. The first-order chi connectivity index (χ1) is 8.21. The Hall–Kier alpha value is -1.11. The number of hydrogen-bond donors (Lipinski definition) is 2. The highest BCUT2D eigenvalue weighted by atomic mass is 35.5. The van der Waals surface area contributed by atoms with Crippen LogP contribution in [-0.4, -0.2) is 19.7 Å². The van der Waals surface area contributed by atoms with Crippen LogP contribution in [0.1, 0.15) is 25.5 Å². The predicted octanol–water partition coefficient (Wildman–Crippen LogP) is 1.14. The van der Waals surface area contributed by atoms with Crippen LogP contribution in [0.5, 0.6) is 0 Å². The van der Waals surface area contributed by atoms with Gasteiger partial charge in [-0.15, -0.1) is 11.6 Å². The Morgan fingerprint density at radius 1 is 1.28 bits per heavy atom. The molecule has 0 fully saturated rings. The molecule has 3 N–H and O–H groups in total. The number of benzene rings is 1. The maximum absolute atomic E-state index is 11.4. The molecule has 0 spiro atoms. The number of nitrogens with one attached hydrogen (secondary N) is 1. The number of amides is 1. The normalized spacial score (nSPS) is 14.9. The van der Waals surface area contributed by atoms with E-state index in [4.69, 9.17) is 16.7 Å². The summed E-state index contributed by atoms with van der Waals surface area (Å²) in [5.74, 6) is -0.278. The third-order valence-electron chi connectivity index (χ3n) is 2.43. The van der Waals surface area contributed by atoms with Crippen molar-refractivity contribution in [2.45, 2.75) is 30.2 Å². The summed E-state index contributed by atoms with van der Waals surface area (Å²) in [4.78, 5) is 11.4. The van der Waals surface area contributed by atoms with Gasteiger partial charge in [0.2, 0.25) is 15.9 Å². The molecule has 0 saturated carbocycles. The van der Waals surface area contributed by atoms with Crippen LogP contribution >= 0.6 is 11.6 Å². The lowest BCUT2D eigenvalue weighted by atomic mass is 10.1. The molecule has 0 aliphatic heterocycles. The average Bonchev–Trinajstić information content (AvgIpc) is 2.27. The zero-order valence-corrected chi connectivity index (χ0v) is 11.6. The van der Waals surface area contributed by atoms with E-state index in [1.807, 2.05) is 0 Å². The first-order valence-electron chi connectivity index (χ1n) is 5.29. The van der Waals surface area contributed by atoms with Gasteiger partial charge in [0.1, 0.15) is 5.38 Å². The van der Waals surface area contributed by atoms with E-state index in [0.717, 1.165) is 5.56 Å². The number of carbonyl (C=O) groups excluding carboxylic acids is 1. The Bertz CT molecular complexity index is 526. The molecule has 0 saturated heterocycles. The summed E-state index contributed by atoms with van der Waals surface area (Å²) < 4.78 is 22.1. The molecular formula is C11H15ClN2O3S. The highest BCUT2D eigenvalue weighted by molar-refractivity contribution is 7.89. The summed E-state index contributed by atoms with van der Waals surface area (Å²) in [6.07, 6.45) is 0. The molecule has 1 amide bonds. The van der Waals surface area contributed by atoms with Crippen LogP contribution in [0.25, 0.3) is 0 Å². The highest BCUT2D eigenvalue weighted by Gasteiger charge is 2.14. The largest absolute Gasteiger partial charge is 0.348 e. The minimum atomic E-state index is -3.69. The van der Waals surface area contributed by atoms with Crippen LogP contribution in [0.4, 0.5) is 0 Å². The summed E-state index contributed by atoms with van der Waals surface area (Å²) in [5, 5.41) is 7.08. The van der Waals surface area contributed by atoms with Crippen molar-refractivity contribution in [3.63, 3.8) is 0 Å². The summed E-state index contributed by atoms with van der Waals surface area (Å²) in [7, 11) is -3.69. The van der Waals surface area contributed by atoms with Crippen molar-refractivity contribution in [2.24, 2.45) is 5.14 Å². The number of sulfonamides is 1. The SMILES string of the molecule is C[C@H](NC(=O)[C@@H](C)Cl)c1ccc(S(N)(=O)=O)cc1. The van der Waals surface area contributed by atoms with Crippen molar-refractivity contribution in [1.29, 1.82) is 0 Å². The smallest absolute Gasteiger partial charge is 0.238 e. The van der Waals surface area contributed by atoms with E-state index < -0.39 is 15.4 Å². The Morgan fingerprint density at radius 2 is 1.78 bits per heavy atom. The van der Waals surface area contributed by atoms with Crippen LogP contribution in [0.2, 0.25) is 0 Å². The number of rotatable bonds is 4. The van der Waals surface area contributed by atoms with Gasteiger partial charge in [-0.1, -0.05) is 12.1 Å². The maximum atomic E-state index is 11.4. The molecule has 0 bridgehead atoms. The van der Waals surface area contributed by atoms with Crippen molar-refractivity contribution in [3.05, 3.63) is 29.8 Å². The summed E-state index contributed by atoms with van der Waals surface area (Å²) in [5.41, 5.74) is 0.771. The second-order valence-corrected chi connectivity index (χ2v) is 6.18. The zero-order chi connectivity index (χ0) is 13.9. The van der Waals surface area contributed by atoms with Crippen molar-refractivity contribution in [2.75, 3.05) is 0 Å². The molecule has 0 heterocycles. The molecule has 100 valence electrons. The Labute approximate surface area is 111 Å². The van der Waals surface area contributed by atoms with Gasteiger partial charge in [-0.2, -0.15) is 0 Å². The van der Waals surface area contributed by atoms with E-state index in [2.05, 4.69) is 5.32 Å². The Balaban J connectivity index is 2.83. The number of hydrogen-bond acceptors (Lipinski definition) is 3. The number of alkyl halides is 1. The Kier molecular flexibility index (Phi) is 4.72. The fraction of sp³-hybridized carbons (Fsp3) is 0.364. The van der Waals surface area contributed by atoms with Gasteiger partial charge in [-0.3, -0.25) is 4.79 Å². The molecule has 1 aromatic rings. The second kappa shape index (κ2) is 5.69. The lowest BCUT2D eigenvalue weighted by Crippen LogP contribution is -2.31. The third-order valence-corrected chi connectivity index (χ3v) is 3.56. The number of primary sulfonamides is 1. The van der Waals surface area contributed by atoms with Gasteiger partial charge in [0.25, 0.3) is 0 Å². The van der Waals surface area contributed by atoms with E-state index in [1.54, 1.807) is 26.0 Å². The monoisotopic (exact) mass is 290 g/mol. The summed E-state index contributed by atoms with van der Waals surface area (Å²) in [6.45, 7) is 3.36. The molecule has 7 heteroatoms. The summed E-state index contributed by atoms with van der Waals surface area (Å²) >= 11 is 5.64. The molecular weight excluding hydrogens is 276 g/mol. The third kappa shape index (κ3) is 3.97. The lowest BCUT2D eigenvalue weighted by Gasteiger charge is -2.15. The van der Waals surface area contributed by atoms with Crippen molar-refractivity contribution < 1.29 is 13.2 Å². The quantitative estimate of drug-likeness (QED) is 0.815. The van der Waals surface area contributed by atoms with Gasteiger partial charge >= 0.3 is 0 Å². The van der Waals surface area contributed by atoms with Crippen LogP contribution in [-0.2, 0) is 14.8 Å². The van der Waals surface area contributed by atoms with Crippen LogP contribution in [0.15, 0.2) is 29.2 Å². The van der Waals surface area contributed by atoms with Gasteiger partial charge in [-0.05, 0) is 31.5 Å². The van der Waals surface area contributed by atoms with E-state index in [1.165, 1.54) is 12.1 Å². The predicted molar refractivity (Wildman–Crippen MR) is 69.7 cm³/mol. The zero-order valence-electron chi connectivity index (χ0n) is 10.1. The minimum absolute atomic E-state index is 0.0375. The van der Waals surface area contributed by atoms with Crippen LogP contribution in [0.3, 0.4) is 0 Å². The van der Waals surface area contributed by atoms with Gasteiger partial charge in [-0.25, -0.2) is 13.6 Å². The van der Waals surface area contributed by atoms with E-state index in [-0.39, 0.29) is 16.8 Å². The molecule has 0 aliphatic carbocycles. The van der Waals surface area contributed by atoms with Gasteiger partial charge in [0, 0.05) is 0 Å². The van der Waals surface area contributed by atoms with Gasteiger partial charge in [0.05, 0.1) is 10.9 Å². The lowest BCUT2D eigenvalue weighted by molar-refractivity contribution is -0.121. The standard InChI is InChI=1S/C11H15ClN2O3S/c1-7(12)11(15)14-8(2)9-3-5-10(6-4-9)18(13,16)17/h3-8H,1-2H3,(H,14,15)(H2,13,16,17)/t7-,8+/m1/s1. The van der Waals surface area contributed by atoms with E-state index >= 15 is 0 Å². The minimum Gasteiger partial charge on any atom is -0.348 e. The molecule has 1 rings (SSSR count). The fourth-order valence-corrected chi connectivity index (χ4v) is 1.94. The van der Waals surface area contributed by atoms with E-state index in [9.17, 15) is 13.2 Å². The number of carbonyl (C=O) groups is 1. The number of halogens is 1. The first kappa shape index (κ1) is 14.9. The molecule has 0 unspecified atom stereocenters.